The van der Waals surface area contributed by atoms with Crippen LogP contribution in [0.4, 0.5) is 22.0 Å². The summed E-state index contributed by atoms with van der Waals surface area (Å²) in [7, 11) is 0. The van der Waals surface area contributed by atoms with Crippen LogP contribution in [-0.2, 0) is 6.54 Å². The molecule has 1 aromatic carbocycles. The van der Waals surface area contributed by atoms with Crippen LogP contribution in [0.25, 0.3) is 11.2 Å². The zero-order valence-corrected chi connectivity index (χ0v) is 14.9. The van der Waals surface area contributed by atoms with Crippen molar-refractivity contribution in [2.45, 2.75) is 34.2 Å². The molecule has 0 saturated carbocycles. The third-order valence-electron chi connectivity index (χ3n) is 3.77. The maximum absolute atomic E-state index is 14.0. The number of imidazole rings is 1. The Bertz CT molecular complexity index is 880. The van der Waals surface area contributed by atoms with Gasteiger partial charge in [0.25, 0.3) is 0 Å². The second-order valence-corrected chi connectivity index (χ2v) is 6.45. The van der Waals surface area contributed by atoms with E-state index in [9.17, 15) is 4.39 Å². The molecule has 0 atom stereocenters. The summed E-state index contributed by atoms with van der Waals surface area (Å²) >= 11 is 0. The third kappa shape index (κ3) is 4.91. The van der Waals surface area contributed by atoms with Crippen molar-refractivity contribution in [2.75, 3.05) is 23.8 Å². The van der Waals surface area contributed by atoms with E-state index < -0.39 is 0 Å². The largest absolute Gasteiger partial charge is 0.396 e. The van der Waals surface area contributed by atoms with Crippen molar-refractivity contribution in [1.29, 1.82) is 0 Å². The van der Waals surface area contributed by atoms with Gasteiger partial charge < -0.3 is 15.7 Å². The number of rotatable bonds is 8. The molecule has 0 aliphatic heterocycles. The van der Waals surface area contributed by atoms with Crippen molar-refractivity contribution in [3.8, 4) is 0 Å². The maximum atomic E-state index is 14.0. The molecule has 0 aliphatic rings. The topological polar surface area (TPSA) is 87.9 Å². The van der Waals surface area contributed by atoms with Gasteiger partial charge in [-0.3, -0.25) is 4.57 Å². The monoisotopic (exact) mass is 374 g/mol. The molecule has 8 heteroatoms. The zero-order chi connectivity index (χ0) is 18.5. The number of nitrogens with zero attached hydrogens (tertiary/aromatic N) is 4. The van der Waals surface area contributed by atoms with Gasteiger partial charge in [-0.15, -0.1) is 0 Å². The summed E-state index contributed by atoms with van der Waals surface area (Å²) in [6.45, 7) is 5.57. The number of halogens is 1. The van der Waals surface area contributed by atoms with Crippen molar-refractivity contribution in [3.63, 3.8) is 0 Å². The number of hydrogen-bond acceptors (Lipinski definition) is 6. The molecule has 7 nitrogen and oxygen atoms in total. The fourth-order valence-electron chi connectivity index (χ4n) is 2.60. The van der Waals surface area contributed by atoms with E-state index in [-0.39, 0.29) is 19.9 Å². The van der Waals surface area contributed by atoms with E-state index in [4.69, 9.17) is 5.11 Å². The molecular formula is C19H27FN6O. The molecule has 0 saturated heterocycles. The van der Waals surface area contributed by atoms with Crippen LogP contribution < -0.4 is 10.6 Å². The Morgan fingerprint density at radius 3 is 2.70 bits per heavy atom. The Hall–Kier alpha value is -2.74. The predicted octanol–water partition coefficient (Wildman–Crippen LogP) is 3.80. The summed E-state index contributed by atoms with van der Waals surface area (Å²) in [5.74, 6) is 1.02. The van der Waals surface area contributed by atoms with E-state index >= 15 is 0 Å². The summed E-state index contributed by atoms with van der Waals surface area (Å²) < 4.78 is 15.9. The normalized spacial score (nSPS) is 10.9. The van der Waals surface area contributed by atoms with Crippen LogP contribution in [0.3, 0.4) is 0 Å². The number of fused-ring (bicyclic) bond motifs is 1. The highest BCUT2D eigenvalue weighted by atomic mass is 19.1. The van der Waals surface area contributed by atoms with Gasteiger partial charge in [0, 0.05) is 19.7 Å². The molecule has 27 heavy (non-hydrogen) atoms. The predicted molar refractivity (Wildman–Crippen MR) is 107 cm³/mol. The van der Waals surface area contributed by atoms with Crippen molar-refractivity contribution >= 4 is 28.7 Å². The fourth-order valence-corrected chi connectivity index (χ4v) is 2.60. The molecule has 3 N–H and O–H groups in total. The summed E-state index contributed by atoms with van der Waals surface area (Å²) in [5.41, 5.74) is 1.68. The molecule has 0 bridgehead atoms. The Balaban J connectivity index is 0.00000261. The first kappa shape index (κ1) is 20.6. The van der Waals surface area contributed by atoms with Crippen molar-refractivity contribution < 1.29 is 9.50 Å². The molecule has 0 amide bonds. The number of nitrogens with one attached hydrogen (secondary N) is 2. The van der Waals surface area contributed by atoms with Gasteiger partial charge in [0.15, 0.2) is 5.65 Å². The van der Waals surface area contributed by atoms with Gasteiger partial charge in [-0.25, -0.2) is 14.4 Å². The lowest BCUT2D eigenvalue weighted by atomic mass is 10.2. The average molecular weight is 374 g/mol. The lowest BCUT2D eigenvalue weighted by molar-refractivity contribution is 0.292. The molecule has 2 heterocycles. The van der Waals surface area contributed by atoms with Crippen molar-refractivity contribution in [1.82, 2.24) is 19.5 Å². The molecule has 146 valence electrons. The minimum atomic E-state index is -0.340. The first-order valence-corrected chi connectivity index (χ1v) is 8.68. The van der Waals surface area contributed by atoms with E-state index in [0.29, 0.717) is 54.2 Å². The van der Waals surface area contributed by atoms with Crippen molar-refractivity contribution in [2.24, 2.45) is 5.92 Å². The molecule has 3 aromatic rings. The van der Waals surface area contributed by atoms with Crippen LogP contribution in [0.15, 0.2) is 30.5 Å². The number of aliphatic hydroxyl groups excluding tert-OH is 1. The van der Waals surface area contributed by atoms with Gasteiger partial charge in [0.1, 0.15) is 11.3 Å². The highest BCUT2D eigenvalue weighted by Crippen LogP contribution is 2.24. The SMILES string of the molecule is C.CC(C)Cn1c(Nc2ccccc2F)nc2cnc(NCCCO)nc21. The molecular weight excluding hydrogens is 347 g/mol. The number of aliphatic hydroxyl groups is 1. The van der Waals surface area contributed by atoms with Crippen LogP contribution in [0.2, 0.25) is 0 Å². The Kier molecular flexibility index (Phi) is 7.06. The average Bonchev–Trinajstić information content (AvgIpc) is 2.94. The number of hydrogen-bond donors (Lipinski definition) is 3. The summed E-state index contributed by atoms with van der Waals surface area (Å²) in [5, 5.41) is 15.0. The molecule has 0 fully saturated rings. The van der Waals surface area contributed by atoms with E-state index in [1.54, 1.807) is 24.4 Å². The lowest BCUT2D eigenvalue weighted by Gasteiger charge is -2.13. The standard InChI is InChI=1S/C18H23FN6O.CH4/c1-12(2)11-25-16-15(10-21-17(24-16)20-8-5-9-26)23-18(25)22-14-7-4-3-6-13(14)19;/h3-4,6-7,10,12,26H,5,8-9,11H2,1-2H3,(H,22,23)(H,20,21,24);1H4. The van der Waals surface area contributed by atoms with Crippen LogP contribution in [-0.4, -0.2) is 37.8 Å². The summed E-state index contributed by atoms with van der Waals surface area (Å²) in [4.78, 5) is 13.3. The van der Waals surface area contributed by atoms with Gasteiger partial charge in [0.05, 0.1) is 11.9 Å². The first-order valence-electron chi connectivity index (χ1n) is 8.68. The molecule has 0 spiro atoms. The van der Waals surface area contributed by atoms with E-state index in [1.807, 2.05) is 4.57 Å². The minimum absolute atomic E-state index is 0. The number of aromatic nitrogens is 4. The minimum Gasteiger partial charge on any atom is -0.396 e. The number of anilines is 3. The van der Waals surface area contributed by atoms with Gasteiger partial charge in [-0.1, -0.05) is 33.4 Å². The second kappa shape index (κ2) is 9.27. The Morgan fingerprint density at radius 1 is 1.22 bits per heavy atom. The van der Waals surface area contributed by atoms with Crippen LogP contribution in [0.1, 0.15) is 27.7 Å². The highest BCUT2D eigenvalue weighted by molar-refractivity contribution is 5.76. The van der Waals surface area contributed by atoms with E-state index in [0.717, 1.165) is 0 Å². The van der Waals surface area contributed by atoms with Crippen LogP contribution in [0, 0.1) is 11.7 Å². The summed E-state index contributed by atoms with van der Waals surface area (Å²) in [6, 6.07) is 6.49. The molecule has 0 unspecified atom stereocenters. The van der Waals surface area contributed by atoms with E-state index in [1.165, 1.54) is 6.07 Å². The van der Waals surface area contributed by atoms with Gasteiger partial charge >= 0.3 is 0 Å². The van der Waals surface area contributed by atoms with E-state index in [2.05, 4.69) is 39.4 Å². The second-order valence-electron chi connectivity index (χ2n) is 6.45. The molecule has 3 rings (SSSR count). The fraction of sp³-hybridized carbons (Fsp3) is 0.421. The molecule has 2 aromatic heterocycles. The highest BCUT2D eigenvalue weighted by Gasteiger charge is 2.16. The molecule has 0 aliphatic carbocycles. The zero-order valence-electron chi connectivity index (χ0n) is 14.9. The smallest absolute Gasteiger partial charge is 0.224 e. The number of para-hydroxylation sites is 1. The van der Waals surface area contributed by atoms with Crippen LogP contribution >= 0.6 is 0 Å². The summed E-state index contributed by atoms with van der Waals surface area (Å²) in [6.07, 6.45) is 2.26. The Labute approximate surface area is 158 Å². The van der Waals surface area contributed by atoms with Crippen molar-refractivity contribution in [3.05, 3.63) is 36.3 Å². The quantitative estimate of drug-likeness (QED) is 0.520. The third-order valence-corrected chi connectivity index (χ3v) is 3.77. The van der Waals surface area contributed by atoms with Gasteiger partial charge in [-0.2, -0.15) is 4.98 Å². The van der Waals surface area contributed by atoms with Gasteiger partial charge in [-0.05, 0) is 24.5 Å². The molecule has 0 radical (unpaired) electrons. The number of benzene rings is 1. The van der Waals surface area contributed by atoms with Gasteiger partial charge in [0.2, 0.25) is 11.9 Å². The Morgan fingerprint density at radius 2 is 2.00 bits per heavy atom. The lowest BCUT2D eigenvalue weighted by Crippen LogP contribution is -2.11. The first-order chi connectivity index (χ1) is 12.6. The maximum Gasteiger partial charge on any atom is 0.224 e. The van der Waals surface area contributed by atoms with Crippen LogP contribution in [0.5, 0.6) is 0 Å².